The van der Waals surface area contributed by atoms with Crippen LogP contribution in [0.2, 0.25) is 0 Å². The first kappa shape index (κ1) is 14.7. The van der Waals surface area contributed by atoms with Gasteiger partial charge in [-0.05, 0) is 48.0 Å². The number of ketones is 1. The number of esters is 1. The molecule has 0 saturated carbocycles. The summed E-state index contributed by atoms with van der Waals surface area (Å²) in [5, 5.41) is 0. The highest BCUT2D eigenvalue weighted by Crippen LogP contribution is 2.14. The topological polar surface area (TPSA) is 43.4 Å². The second-order valence-corrected chi connectivity index (χ2v) is 4.37. The summed E-state index contributed by atoms with van der Waals surface area (Å²) < 4.78 is 17.7. The maximum absolute atomic E-state index is 12.8. The van der Waals surface area contributed by atoms with Crippen LogP contribution in [-0.4, -0.2) is 11.8 Å². The van der Waals surface area contributed by atoms with Crippen LogP contribution in [-0.2, 0) is 4.79 Å². The van der Waals surface area contributed by atoms with E-state index in [0.29, 0.717) is 11.3 Å². The number of allylic oxidation sites excluding steroid dienone is 1. The molecule has 0 radical (unpaired) electrons. The van der Waals surface area contributed by atoms with Gasteiger partial charge in [-0.3, -0.25) is 9.59 Å². The van der Waals surface area contributed by atoms with Crippen LogP contribution >= 0.6 is 0 Å². The Kier molecular flexibility index (Phi) is 4.61. The molecule has 2 aromatic carbocycles. The van der Waals surface area contributed by atoms with Crippen molar-refractivity contribution in [1.82, 2.24) is 0 Å². The van der Waals surface area contributed by atoms with Gasteiger partial charge in [-0.25, -0.2) is 4.39 Å². The van der Waals surface area contributed by atoms with Gasteiger partial charge in [-0.1, -0.05) is 18.2 Å². The number of hydrogen-bond donors (Lipinski definition) is 0. The lowest BCUT2D eigenvalue weighted by atomic mass is 10.1. The van der Waals surface area contributed by atoms with Crippen molar-refractivity contribution in [2.45, 2.75) is 6.92 Å². The number of ether oxygens (including phenoxy) is 1. The quantitative estimate of drug-likeness (QED) is 0.372. The van der Waals surface area contributed by atoms with E-state index in [1.54, 1.807) is 30.3 Å². The molecule has 0 unspecified atom stereocenters. The largest absolute Gasteiger partial charge is 0.427 e. The van der Waals surface area contributed by atoms with Crippen molar-refractivity contribution in [1.29, 1.82) is 0 Å². The van der Waals surface area contributed by atoms with E-state index in [0.717, 1.165) is 5.56 Å². The molecule has 0 heterocycles. The lowest BCUT2D eigenvalue weighted by molar-refractivity contribution is -0.131. The van der Waals surface area contributed by atoms with E-state index in [1.807, 2.05) is 0 Å². The highest BCUT2D eigenvalue weighted by Gasteiger charge is 2.02. The number of carbonyl (C=O) groups excluding carboxylic acids is 2. The fourth-order valence-corrected chi connectivity index (χ4v) is 1.70. The van der Waals surface area contributed by atoms with Crippen LogP contribution in [0.5, 0.6) is 5.75 Å². The molecular formula is C17H13FO3. The minimum atomic E-state index is -0.384. The molecule has 3 nitrogen and oxygen atoms in total. The molecule has 0 spiro atoms. The monoisotopic (exact) mass is 284 g/mol. The lowest BCUT2D eigenvalue weighted by Gasteiger charge is -2.00. The molecule has 0 aromatic heterocycles. The molecule has 0 aliphatic carbocycles. The van der Waals surface area contributed by atoms with E-state index in [9.17, 15) is 14.0 Å². The van der Waals surface area contributed by atoms with E-state index in [-0.39, 0.29) is 17.6 Å². The first-order valence-corrected chi connectivity index (χ1v) is 6.31. The molecule has 4 heteroatoms. The van der Waals surface area contributed by atoms with Gasteiger partial charge < -0.3 is 4.74 Å². The van der Waals surface area contributed by atoms with Gasteiger partial charge in [0, 0.05) is 12.5 Å². The third kappa shape index (κ3) is 4.38. The van der Waals surface area contributed by atoms with E-state index in [2.05, 4.69) is 0 Å². The summed E-state index contributed by atoms with van der Waals surface area (Å²) >= 11 is 0. The average molecular weight is 284 g/mol. The zero-order valence-corrected chi connectivity index (χ0v) is 11.4. The maximum Gasteiger partial charge on any atom is 0.308 e. The highest BCUT2D eigenvalue weighted by atomic mass is 19.1. The second kappa shape index (κ2) is 6.61. The Hall–Kier alpha value is -2.75. The number of benzene rings is 2. The summed E-state index contributed by atoms with van der Waals surface area (Å²) in [7, 11) is 0. The third-order valence-corrected chi connectivity index (χ3v) is 2.70. The predicted molar refractivity (Wildman–Crippen MR) is 77.5 cm³/mol. The van der Waals surface area contributed by atoms with Gasteiger partial charge in [0.1, 0.15) is 11.6 Å². The lowest BCUT2D eigenvalue weighted by Crippen LogP contribution is -2.00. The van der Waals surface area contributed by atoms with Crippen molar-refractivity contribution in [2.75, 3.05) is 0 Å². The second-order valence-electron chi connectivity index (χ2n) is 4.37. The number of rotatable bonds is 4. The smallest absolute Gasteiger partial charge is 0.308 e. The molecular weight excluding hydrogens is 271 g/mol. The van der Waals surface area contributed by atoms with Gasteiger partial charge in [0.05, 0.1) is 0 Å². The molecule has 0 amide bonds. The van der Waals surface area contributed by atoms with Crippen molar-refractivity contribution in [3.63, 3.8) is 0 Å². The molecule has 2 rings (SSSR count). The molecule has 106 valence electrons. The van der Waals surface area contributed by atoms with Gasteiger partial charge in [0.25, 0.3) is 0 Å². The van der Waals surface area contributed by atoms with Crippen molar-refractivity contribution < 1.29 is 18.7 Å². The van der Waals surface area contributed by atoms with Gasteiger partial charge in [0.2, 0.25) is 0 Å². The molecule has 0 N–H and O–H groups in total. The summed E-state index contributed by atoms with van der Waals surface area (Å²) in [5.74, 6) is -0.523. The predicted octanol–water partition coefficient (Wildman–Crippen LogP) is 3.65. The minimum absolute atomic E-state index is 0.209. The van der Waals surface area contributed by atoms with Crippen LogP contribution in [0.3, 0.4) is 0 Å². The fourth-order valence-electron chi connectivity index (χ4n) is 1.70. The van der Waals surface area contributed by atoms with Crippen LogP contribution < -0.4 is 4.74 Å². The SMILES string of the molecule is CC(=O)Oc1ccc(/C=C/C(=O)c2ccc(F)cc2)cc1. The van der Waals surface area contributed by atoms with Crippen LogP contribution in [0.1, 0.15) is 22.8 Å². The molecule has 0 fully saturated rings. The molecule has 0 aliphatic heterocycles. The summed E-state index contributed by atoms with van der Waals surface area (Å²) in [6.07, 6.45) is 3.05. The first-order valence-electron chi connectivity index (χ1n) is 6.31. The van der Waals surface area contributed by atoms with Gasteiger partial charge in [0.15, 0.2) is 5.78 Å². The van der Waals surface area contributed by atoms with Gasteiger partial charge in [-0.15, -0.1) is 0 Å². The third-order valence-electron chi connectivity index (χ3n) is 2.70. The number of halogens is 1. The zero-order valence-electron chi connectivity index (χ0n) is 11.4. The Morgan fingerprint density at radius 1 is 1.00 bits per heavy atom. The summed E-state index contributed by atoms with van der Waals surface area (Å²) in [6.45, 7) is 1.33. The normalized spacial score (nSPS) is 10.6. The van der Waals surface area contributed by atoms with Gasteiger partial charge in [-0.2, -0.15) is 0 Å². The van der Waals surface area contributed by atoms with Crippen molar-refractivity contribution in [3.8, 4) is 5.75 Å². The van der Waals surface area contributed by atoms with E-state index in [4.69, 9.17) is 4.74 Å². The van der Waals surface area contributed by atoms with E-state index < -0.39 is 0 Å². The Labute approximate surface area is 121 Å². The molecule has 2 aromatic rings. The number of hydrogen-bond acceptors (Lipinski definition) is 3. The Morgan fingerprint density at radius 3 is 2.19 bits per heavy atom. The van der Waals surface area contributed by atoms with E-state index >= 15 is 0 Å². The van der Waals surface area contributed by atoms with Crippen LogP contribution in [0.25, 0.3) is 6.08 Å². The summed E-state index contributed by atoms with van der Waals surface area (Å²) in [5.41, 5.74) is 1.21. The number of carbonyl (C=O) groups is 2. The molecule has 0 aliphatic rings. The van der Waals surface area contributed by atoms with Gasteiger partial charge >= 0.3 is 5.97 Å². The Bertz CT molecular complexity index is 670. The standard InChI is InChI=1S/C17H13FO3/c1-12(19)21-16-9-2-13(3-10-16)4-11-17(20)14-5-7-15(18)8-6-14/h2-11H,1H3/b11-4+. The minimum Gasteiger partial charge on any atom is -0.427 e. The maximum atomic E-state index is 12.8. The Balaban J connectivity index is 2.05. The van der Waals surface area contributed by atoms with Crippen LogP contribution in [0.15, 0.2) is 54.6 Å². The fraction of sp³-hybridized carbons (Fsp3) is 0.0588. The zero-order chi connectivity index (χ0) is 15.2. The van der Waals surface area contributed by atoms with Crippen LogP contribution in [0, 0.1) is 5.82 Å². The molecule has 21 heavy (non-hydrogen) atoms. The molecule has 0 bridgehead atoms. The van der Waals surface area contributed by atoms with Crippen molar-refractivity contribution in [3.05, 3.63) is 71.6 Å². The highest BCUT2D eigenvalue weighted by molar-refractivity contribution is 6.06. The molecule has 0 saturated heterocycles. The van der Waals surface area contributed by atoms with Crippen LogP contribution in [0.4, 0.5) is 4.39 Å². The summed E-state index contributed by atoms with van der Waals surface area (Å²) in [6, 6.07) is 12.1. The summed E-state index contributed by atoms with van der Waals surface area (Å²) in [4.78, 5) is 22.6. The van der Waals surface area contributed by atoms with Crippen molar-refractivity contribution >= 4 is 17.8 Å². The van der Waals surface area contributed by atoms with Crippen molar-refractivity contribution in [2.24, 2.45) is 0 Å². The molecule has 0 atom stereocenters. The van der Waals surface area contributed by atoms with E-state index in [1.165, 1.54) is 37.3 Å². The first-order chi connectivity index (χ1) is 10.0. The average Bonchev–Trinajstić information content (AvgIpc) is 2.46. The Morgan fingerprint density at radius 2 is 1.62 bits per heavy atom.